The summed E-state index contributed by atoms with van der Waals surface area (Å²) in [6.07, 6.45) is 37.0. The first-order valence-corrected chi connectivity index (χ1v) is 23.2. The fraction of sp³-hybridized carbons (Fsp3) is 0.818. The number of hydrogen-bond acceptors (Lipinski definition) is 7. The molecule has 0 unspecified atom stereocenters. The van der Waals surface area contributed by atoms with Gasteiger partial charge in [0.2, 0.25) is 0 Å². The van der Waals surface area contributed by atoms with Crippen LogP contribution in [0.3, 0.4) is 0 Å². The number of aryl methyl sites for hydroxylation is 1. The van der Waals surface area contributed by atoms with Crippen molar-refractivity contribution in [2.75, 3.05) is 13.2 Å². The molecule has 53 heavy (non-hydrogen) atoms. The number of carbonyl (C=O) groups is 2. The Labute approximate surface area is 326 Å². The molecule has 0 saturated carbocycles. The van der Waals surface area contributed by atoms with Crippen LogP contribution in [0, 0.1) is 6.92 Å². The van der Waals surface area contributed by atoms with Gasteiger partial charge in [-0.2, -0.15) is 8.42 Å². The Hall–Kier alpha value is -1.97. The van der Waals surface area contributed by atoms with Crippen LogP contribution in [0.25, 0.3) is 0 Å². The fourth-order valence-electron chi connectivity index (χ4n) is 6.23. The zero-order chi connectivity index (χ0) is 39.3. The van der Waals surface area contributed by atoms with Gasteiger partial charge in [0, 0.05) is 6.42 Å². The van der Waals surface area contributed by atoms with Gasteiger partial charge in [0.15, 0.2) is 0 Å². The highest BCUT2D eigenvalue weighted by molar-refractivity contribution is 7.85. The molecule has 9 heteroatoms. The first-order chi connectivity index (χ1) is 25.6. The molecule has 0 aliphatic heterocycles. The number of carbonyl (C=O) groups excluding carboxylic acids is 2. The van der Waals surface area contributed by atoms with E-state index >= 15 is 0 Å². The lowest BCUT2D eigenvalue weighted by Gasteiger charge is -2.11. The minimum Gasteiger partial charge on any atom is -0.466 e. The molecule has 3 N–H and O–H groups in total. The molecule has 1 aromatic rings. The summed E-state index contributed by atoms with van der Waals surface area (Å²) in [5.74, 6) is -0.663. The number of unbranched alkanes of at least 4 members (excludes halogenated alkanes) is 26. The minimum absolute atomic E-state index is 0.0666. The molecule has 0 bridgehead atoms. The van der Waals surface area contributed by atoms with Crippen molar-refractivity contribution in [3.63, 3.8) is 0 Å². The zero-order valence-corrected chi connectivity index (χ0v) is 35.2. The van der Waals surface area contributed by atoms with Crippen LogP contribution in [-0.4, -0.2) is 44.2 Å². The quantitative estimate of drug-likeness (QED) is 0.0396. The maximum Gasteiger partial charge on any atom is 0.322 e. The molecular weight excluding hydrogens is 687 g/mol. The molecule has 0 aromatic heterocycles. The lowest BCUT2D eigenvalue weighted by molar-refractivity contribution is -0.146. The highest BCUT2D eigenvalue weighted by Crippen LogP contribution is 2.15. The van der Waals surface area contributed by atoms with E-state index in [1.54, 1.807) is 12.1 Å². The third-order valence-electron chi connectivity index (χ3n) is 9.78. The summed E-state index contributed by atoms with van der Waals surface area (Å²) in [6, 6.07) is 5.24. The summed E-state index contributed by atoms with van der Waals surface area (Å²) in [6.45, 7) is 7.27. The van der Waals surface area contributed by atoms with E-state index < -0.39 is 22.1 Å². The Morgan fingerprint density at radius 1 is 0.566 bits per heavy atom. The summed E-state index contributed by atoms with van der Waals surface area (Å²) in [5.41, 5.74) is 6.89. The molecule has 0 aliphatic carbocycles. The van der Waals surface area contributed by atoms with Crippen LogP contribution in [-0.2, 0) is 29.2 Å². The summed E-state index contributed by atoms with van der Waals surface area (Å²) in [5, 5.41) is 0. The molecule has 8 nitrogen and oxygen atoms in total. The normalized spacial score (nSPS) is 11.9. The van der Waals surface area contributed by atoms with Crippen LogP contribution in [0.5, 0.6) is 0 Å². The van der Waals surface area contributed by atoms with Crippen molar-refractivity contribution in [3.8, 4) is 0 Å². The van der Waals surface area contributed by atoms with Crippen molar-refractivity contribution in [2.45, 2.75) is 224 Å². The van der Waals surface area contributed by atoms with Crippen LogP contribution >= 0.6 is 0 Å². The second-order valence-corrected chi connectivity index (χ2v) is 16.4. The average Bonchev–Trinajstić information content (AvgIpc) is 3.13. The SMILES string of the molecule is CCCCCCCCCCCCCCCCOC(=O)CC[C@H](N)C(=O)OCCCCCCCCCCCCCCCC.Cc1ccc(S(=O)(=O)O)cc1. The zero-order valence-electron chi connectivity index (χ0n) is 34.4. The van der Waals surface area contributed by atoms with Gasteiger partial charge in [-0.05, 0) is 38.3 Å². The molecule has 0 spiro atoms. The maximum absolute atomic E-state index is 12.1. The van der Waals surface area contributed by atoms with Crippen molar-refractivity contribution >= 4 is 22.1 Å². The van der Waals surface area contributed by atoms with E-state index in [9.17, 15) is 18.0 Å². The highest BCUT2D eigenvalue weighted by atomic mass is 32.2. The number of hydrogen-bond donors (Lipinski definition) is 2. The van der Waals surface area contributed by atoms with Gasteiger partial charge in [-0.25, -0.2) is 0 Å². The van der Waals surface area contributed by atoms with Crippen LogP contribution in [0.1, 0.15) is 212 Å². The number of esters is 2. The van der Waals surface area contributed by atoms with E-state index in [2.05, 4.69) is 13.8 Å². The van der Waals surface area contributed by atoms with Gasteiger partial charge in [-0.3, -0.25) is 14.1 Å². The molecule has 0 radical (unpaired) electrons. The van der Waals surface area contributed by atoms with Crippen molar-refractivity contribution in [1.29, 1.82) is 0 Å². The van der Waals surface area contributed by atoms with E-state index in [-0.39, 0.29) is 23.7 Å². The molecule has 1 aromatic carbocycles. The predicted octanol–water partition coefficient (Wildman–Crippen LogP) is 12.4. The largest absolute Gasteiger partial charge is 0.466 e. The van der Waals surface area contributed by atoms with Gasteiger partial charge in [0.05, 0.1) is 18.1 Å². The smallest absolute Gasteiger partial charge is 0.322 e. The Kier molecular flexibility index (Phi) is 35.6. The standard InChI is InChI=1S/C37H73NO4.C7H8O3S/c1-3-5-7-9-11-13-15-17-19-21-23-25-27-29-33-41-36(39)32-31-35(38)37(40)42-34-30-28-26-24-22-20-18-16-14-12-10-8-6-4-2;1-6-2-4-7(5-3-6)11(8,9)10/h35H,3-34,38H2,1-2H3;2-5H,1H3,(H,8,9,10)/t35-;/m0./s1. The van der Waals surface area contributed by atoms with Gasteiger partial charge in [-0.15, -0.1) is 0 Å². The molecule has 0 amide bonds. The molecule has 0 fully saturated rings. The van der Waals surface area contributed by atoms with Crippen LogP contribution < -0.4 is 5.73 Å². The van der Waals surface area contributed by atoms with Crippen molar-refractivity contribution in [2.24, 2.45) is 5.73 Å². The molecule has 310 valence electrons. The highest BCUT2D eigenvalue weighted by Gasteiger charge is 2.17. The maximum atomic E-state index is 12.1. The van der Waals surface area contributed by atoms with E-state index in [1.165, 1.54) is 166 Å². The van der Waals surface area contributed by atoms with E-state index in [0.717, 1.165) is 31.2 Å². The first kappa shape index (κ1) is 51.0. The summed E-state index contributed by atoms with van der Waals surface area (Å²) in [4.78, 5) is 24.0. The van der Waals surface area contributed by atoms with Gasteiger partial charge in [-0.1, -0.05) is 198 Å². The Morgan fingerprint density at radius 3 is 1.23 bits per heavy atom. The minimum atomic E-state index is -4.02. The lowest BCUT2D eigenvalue weighted by Crippen LogP contribution is -2.33. The molecular formula is C44H81NO7S. The van der Waals surface area contributed by atoms with Gasteiger partial charge < -0.3 is 15.2 Å². The molecule has 0 aliphatic rings. The van der Waals surface area contributed by atoms with Crippen molar-refractivity contribution < 1.29 is 32.0 Å². The average molecular weight is 768 g/mol. The number of rotatable bonds is 35. The number of benzene rings is 1. The predicted molar refractivity (Wildman–Crippen MR) is 221 cm³/mol. The summed E-state index contributed by atoms with van der Waals surface area (Å²) >= 11 is 0. The Bertz CT molecular complexity index is 1080. The third-order valence-corrected chi connectivity index (χ3v) is 10.7. The van der Waals surface area contributed by atoms with Gasteiger partial charge in [0.1, 0.15) is 6.04 Å². The monoisotopic (exact) mass is 768 g/mol. The van der Waals surface area contributed by atoms with Crippen LogP contribution in [0.15, 0.2) is 29.2 Å². The van der Waals surface area contributed by atoms with Crippen molar-refractivity contribution in [3.05, 3.63) is 29.8 Å². The first-order valence-electron chi connectivity index (χ1n) is 21.7. The van der Waals surface area contributed by atoms with E-state index in [0.29, 0.717) is 13.2 Å². The molecule has 0 saturated heterocycles. The molecule has 1 rings (SSSR count). The Balaban J connectivity index is 0.00000207. The summed E-state index contributed by atoms with van der Waals surface area (Å²) in [7, 11) is -4.02. The van der Waals surface area contributed by atoms with Crippen LogP contribution in [0.2, 0.25) is 0 Å². The summed E-state index contributed by atoms with van der Waals surface area (Å²) < 4.78 is 40.2. The number of ether oxygens (including phenoxy) is 2. The second kappa shape index (κ2) is 37.0. The number of nitrogens with two attached hydrogens (primary N) is 1. The van der Waals surface area contributed by atoms with E-state index in [4.69, 9.17) is 19.8 Å². The molecule has 1 atom stereocenters. The third kappa shape index (κ3) is 35.5. The lowest BCUT2D eigenvalue weighted by atomic mass is 10.0. The van der Waals surface area contributed by atoms with Crippen molar-refractivity contribution in [1.82, 2.24) is 0 Å². The second-order valence-electron chi connectivity index (χ2n) is 15.0. The molecule has 0 heterocycles. The van der Waals surface area contributed by atoms with E-state index in [1.807, 2.05) is 6.92 Å². The topological polar surface area (TPSA) is 133 Å². The van der Waals surface area contributed by atoms with Gasteiger partial charge >= 0.3 is 11.9 Å². The Morgan fingerprint density at radius 2 is 0.887 bits per heavy atom. The van der Waals surface area contributed by atoms with Gasteiger partial charge in [0.25, 0.3) is 10.1 Å². The fourth-order valence-corrected chi connectivity index (χ4v) is 6.71. The van der Waals surface area contributed by atoms with Crippen LogP contribution in [0.4, 0.5) is 0 Å².